The quantitative estimate of drug-likeness (QED) is 0.766. The number of halogens is 2. The highest BCUT2D eigenvalue weighted by Gasteiger charge is 2.07. The maximum absolute atomic E-state index is 5.98. The number of rotatable bonds is 7. The third-order valence-corrected chi connectivity index (χ3v) is 3.59. The van der Waals surface area contributed by atoms with E-state index in [9.17, 15) is 0 Å². The van der Waals surface area contributed by atoms with Crippen molar-refractivity contribution in [2.75, 3.05) is 6.54 Å². The van der Waals surface area contributed by atoms with Crippen molar-refractivity contribution in [3.63, 3.8) is 0 Å². The molecule has 1 rings (SSSR count). The molecule has 1 nitrogen and oxygen atoms in total. The van der Waals surface area contributed by atoms with Gasteiger partial charge in [0.15, 0.2) is 0 Å². The maximum Gasteiger partial charge on any atom is 0.0423 e. The number of benzene rings is 1. The van der Waals surface area contributed by atoms with Crippen LogP contribution in [0.15, 0.2) is 18.2 Å². The summed E-state index contributed by atoms with van der Waals surface area (Å²) < 4.78 is 0. The van der Waals surface area contributed by atoms with Gasteiger partial charge >= 0.3 is 0 Å². The van der Waals surface area contributed by atoms with Crippen LogP contribution in [0, 0.1) is 5.92 Å². The summed E-state index contributed by atoms with van der Waals surface area (Å²) in [5, 5.41) is 1.45. The average Bonchev–Trinajstić information content (AvgIpc) is 2.28. The first kappa shape index (κ1) is 14.8. The van der Waals surface area contributed by atoms with E-state index < -0.39 is 0 Å². The minimum Gasteiger partial charge on any atom is -0.330 e. The van der Waals surface area contributed by atoms with Crippen LogP contribution in [0.4, 0.5) is 0 Å². The van der Waals surface area contributed by atoms with E-state index >= 15 is 0 Å². The Morgan fingerprint density at radius 3 is 2.29 bits per heavy atom. The molecule has 2 N–H and O–H groups in total. The molecule has 0 amide bonds. The lowest BCUT2D eigenvalue weighted by Crippen LogP contribution is -2.06. The van der Waals surface area contributed by atoms with E-state index in [4.69, 9.17) is 28.9 Å². The molecule has 0 aliphatic carbocycles. The first-order chi connectivity index (χ1) is 8.15. The predicted octanol–water partition coefficient (Wildman–Crippen LogP) is 4.69. The average molecular weight is 274 g/mol. The molecule has 17 heavy (non-hydrogen) atoms. The molecule has 0 radical (unpaired) electrons. The van der Waals surface area contributed by atoms with E-state index in [1.54, 1.807) is 6.07 Å². The Labute approximate surface area is 114 Å². The minimum atomic E-state index is 0.725. The second-order valence-corrected chi connectivity index (χ2v) is 5.39. The number of hydrogen-bond acceptors (Lipinski definition) is 1. The van der Waals surface area contributed by atoms with Gasteiger partial charge in [0, 0.05) is 10.0 Å². The van der Waals surface area contributed by atoms with Gasteiger partial charge in [-0.25, -0.2) is 0 Å². The summed E-state index contributed by atoms with van der Waals surface area (Å²) in [6, 6.07) is 5.78. The maximum atomic E-state index is 5.98. The smallest absolute Gasteiger partial charge is 0.0423 e. The van der Waals surface area contributed by atoms with Gasteiger partial charge in [0.05, 0.1) is 0 Å². The zero-order chi connectivity index (χ0) is 12.7. The Kier molecular flexibility index (Phi) is 6.94. The van der Waals surface area contributed by atoms with E-state index in [2.05, 4.69) is 6.92 Å². The molecule has 1 aromatic carbocycles. The van der Waals surface area contributed by atoms with Crippen LogP contribution in [0.3, 0.4) is 0 Å². The fraction of sp³-hybridized carbons (Fsp3) is 0.571. The molecular formula is C14H21Cl2N. The fourth-order valence-corrected chi connectivity index (χ4v) is 2.66. The summed E-state index contributed by atoms with van der Waals surface area (Å²) in [5.41, 5.74) is 6.77. The van der Waals surface area contributed by atoms with E-state index in [0.29, 0.717) is 0 Å². The Bertz CT molecular complexity index is 319. The number of nitrogens with two attached hydrogens (primary N) is 1. The highest BCUT2D eigenvalue weighted by Crippen LogP contribution is 2.23. The lowest BCUT2D eigenvalue weighted by Gasteiger charge is -2.14. The van der Waals surface area contributed by atoms with Gasteiger partial charge in [-0.3, -0.25) is 0 Å². The Morgan fingerprint density at radius 1 is 1.12 bits per heavy atom. The zero-order valence-electron chi connectivity index (χ0n) is 10.4. The van der Waals surface area contributed by atoms with Crippen LogP contribution >= 0.6 is 23.2 Å². The lowest BCUT2D eigenvalue weighted by atomic mass is 9.93. The Morgan fingerprint density at radius 2 is 1.76 bits per heavy atom. The molecule has 0 aromatic heterocycles. The number of hydrogen-bond donors (Lipinski definition) is 1. The molecule has 96 valence electrons. The first-order valence-electron chi connectivity index (χ1n) is 6.30. The molecule has 0 saturated heterocycles. The van der Waals surface area contributed by atoms with Crippen molar-refractivity contribution in [3.8, 4) is 0 Å². The van der Waals surface area contributed by atoms with E-state index in [1.165, 1.54) is 24.8 Å². The van der Waals surface area contributed by atoms with E-state index in [0.717, 1.165) is 35.3 Å². The van der Waals surface area contributed by atoms with Crippen LogP contribution in [0.5, 0.6) is 0 Å². The topological polar surface area (TPSA) is 26.0 Å². The number of aryl methyl sites for hydroxylation is 1. The summed E-state index contributed by atoms with van der Waals surface area (Å²) in [7, 11) is 0. The zero-order valence-corrected chi connectivity index (χ0v) is 11.9. The van der Waals surface area contributed by atoms with E-state index in [1.807, 2.05) is 12.1 Å². The van der Waals surface area contributed by atoms with Gasteiger partial charge in [-0.2, -0.15) is 0 Å². The van der Waals surface area contributed by atoms with Crippen molar-refractivity contribution in [3.05, 3.63) is 33.8 Å². The molecule has 0 saturated carbocycles. The van der Waals surface area contributed by atoms with Crippen LogP contribution < -0.4 is 5.73 Å². The third kappa shape index (κ3) is 5.76. The highest BCUT2D eigenvalue weighted by molar-refractivity contribution is 6.34. The van der Waals surface area contributed by atoms with Crippen molar-refractivity contribution < 1.29 is 0 Å². The van der Waals surface area contributed by atoms with Gasteiger partial charge in [0.2, 0.25) is 0 Å². The fourth-order valence-electron chi connectivity index (χ4n) is 2.09. The molecular weight excluding hydrogens is 253 g/mol. The summed E-state index contributed by atoms with van der Waals surface area (Å²) >= 11 is 12.0. The van der Waals surface area contributed by atoms with Crippen LogP contribution in [-0.2, 0) is 6.42 Å². The minimum absolute atomic E-state index is 0.725. The highest BCUT2D eigenvalue weighted by atomic mass is 35.5. The van der Waals surface area contributed by atoms with Crippen molar-refractivity contribution in [1.29, 1.82) is 0 Å². The van der Waals surface area contributed by atoms with Gasteiger partial charge in [-0.1, -0.05) is 36.5 Å². The molecule has 0 bridgehead atoms. The van der Waals surface area contributed by atoms with Crippen LogP contribution in [0.2, 0.25) is 10.0 Å². The predicted molar refractivity (Wildman–Crippen MR) is 76.9 cm³/mol. The SMILES string of the molecule is CCC(CCCN)CCc1cc(Cl)cc(Cl)c1. The van der Waals surface area contributed by atoms with Gasteiger partial charge in [0.1, 0.15) is 0 Å². The molecule has 0 fully saturated rings. The second kappa shape index (κ2) is 7.97. The second-order valence-electron chi connectivity index (χ2n) is 4.52. The summed E-state index contributed by atoms with van der Waals surface area (Å²) in [6.07, 6.45) is 5.79. The van der Waals surface area contributed by atoms with Gasteiger partial charge < -0.3 is 5.73 Å². The molecule has 0 aliphatic heterocycles. The molecule has 3 heteroatoms. The molecule has 1 aromatic rings. The molecule has 1 unspecified atom stereocenters. The summed E-state index contributed by atoms with van der Waals surface area (Å²) in [6.45, 7) is 3.03. The largest absolute Gasteiger partial charge is 0.330 e. The molecule has 0 heterocycles. The normalized spacial score (nSPS) is 12.7. The van der Waals surface area contributed by atoms with Crippen molar-refractivity contribution in [1.82, 2.24) is 0 Å². The standard InChI is InChI=1S/C14H21Cl2N/c1-2-11(4-3-7-17)5-6-12-8-13(15)10-14(16)9-12/h8-11H,2-7,17H2,1H3. The van der Waals surface area contributed by atoms with Crippen LogP contribution in [0.1, 0.15) is 38.2 Å². The summed E-state index contributed by atoms with van der Waals surface area (Å²) in [4.78, 5) is 0. The van der Waals surface area contributed by atoms with Crippen LogP contribution in [-0.4, -0.2) is 6.54 Å². The Balaban J connectivity index is 2.47. The first-order valence-corrected chi connectivity index (χ1v) is 7.06. The van der Waals surface area contributed by atoms with Crippen LogP contribution in [0.25, 0.3) is 0 Å². The third-order valence-electron chi connectivity index (χ3n) is 3.16. The molecule has 1 atom stereocenters. The van der Waals surface area contributed by atoms with Crippen molar-refractivity contribution in [2.24, 2.45) is 11.7 Å². The molecule has 0 aliphatic rings. The van der Waals surface area contributed by atoms with Crippen molar-refractivity contribution >= 4 is 23.2 Å². The van der Waals surface area contributed by atoms with Crippen molar-refractivity contribution in [2.45, 2.75) is 39.0 Å². The lowest BCUT2D eigenvalue weighted by molar-refractivity contribution is 0.427. The Hall–Kier alpha value is -0.240. The van der Waals surface area contributed by atoms with Gasteiger partial charge in [0.25, 0.3) is 0 Å². The van der Waals surface area contributed by atoms with Gasteiger partial charge in [-0.05, 0) is 61.9 Å². The molecule has 0 spiro atoms. The van der Waals surface area contributed by atoms with E-state index in [-0.39, 0.29) is 0 Å². The monoisotopic (exact) mass is 273 g/mol. The summed E-state index contributed by atoms with van der Waals surface area (Å²) in [5.74, 6) is 0.760. The van der Waals surface area contributed by atoms with Gasteiger partial charge in [-0.15, -0.1) is 0 Å².